The molecule has 1 unspecified atom stereocenters. The van der Waals surface area contributed by atoms with E-state index in [1.54, 1.807) is 7.11 Å². The van der Waals surface area contributed by atoms with E-state index < -0.39 is 0 Å². The summed E-state index contributed by atoms with van der Waals surface area (Å²) in [6, 6.07) is 16.2. The van der Waals surface area contributed by atoms with Gasteiger partial charge in [-0.25, -0.2) is 0 Å². The number of rotatable bonds is 5. The number of amides is 1. The number of benzene rings is 2. The zero-order chi connectivity index (χ0) is 17.8. The van der Waals surface area contributed by atoms with Gasteiger partial charge in [-0.05, 0) is 42.7 Å². The number of anilines is 1. The van der Waals surface area contributed by atoms with Crippen molar-refractivity contribution in [3.63, 3.8) is 0 Å². The molecule has 0 radical (unpaired) electrons. The Hall–Kier alpha value is -2.33. The Morgan fingerprint density at radius 1 is 1.08 bits per heavy atom. The molecule has 1 fully saturated rings. The number of carbonyl (C=O) groups is 1. The molecule has 1 aliphatic rings. The van der Waals surface area contributed by atoms with Crippen molar-refractivity contribution in [1.82, 2.24) is 4.90 Å². The second kappa shape index (κ2) is 7.70. The summed E-state index contributed by atoms with van der Waals surface area (Å²) < 4.78 is 5.21. The van der Waals surface area contributed by atoms with Gasteiger partial charge < -0.3 is 9.64 Å². The SMILES string of the molecule is CCc1ccccc1N1CCN(Cc2ccc(OC)cc2)C(C)C1=O. The Balaban J connectivity index is 1.72. The van der Waals surface area contributed by atoms with Crippen LogP contribution in [-0.2, 0) is 17.8 Å². The first kappa shape index (κ1) is 17.5. The largest absolute Gasteiger partial charge is 0.497 e. The van der Waals surface area contributed by atoms with Crippen molar-refractivity contribution in [2.45, 2.75) is 32.9 Å². The first-order valence-electron chi connectivity index (χ1n) is 8.90. The molecule has 0 saturated carbocycles. The standard InChI is InChI=1S/C21H26N2O2/c1-4-18-7-5-6-8-20(18)23-14-13-22(16(2)21(23)24)15-17-9-11-19(25-3)12-10-17/h5-12,16H,4,13-15H2,1-3H3. The molecule has 2 aromatic rings. The third-order valence-corrected chi connectivity index (χ3v) is 4.99. The van der Waals surface area contributed by atoms with Gasteiger partial charge in [-0.3, -0.25) is 9.69 Å². The summed E-state index contributed by atoms with van der Waals surface area (Å²) in [7, 11) is 1.67. The molecule has 1 atom stereocenters. The average molecular weight is 338 g/mol. The fraction of sp³-hybridized carbons (Fsp3) is 0.381. The van der Waals surface area contributed by atoms with Crippen molar-refractivity contribution >= 4 is 11.6 Å². The number of piperazine rings is 1. The number of para-hydroxylation sites is 1. The van der Waals surface area contributed by atoms with Gasteiger partial charge in [0.1, 0.15) is 5.75 Å². The van der Waals surface area contributed by atoms with E-state index in [0.29, 0.717) is 0 Å². The number of ether oxygens (including phenoxy) is 1. The molecule has 132 valence electrons. The average Bonchev–Trinajstić information content (AvgIpc) is 2.66. The minimum absolute atomic E-state index is 0.124. The fourth-order valence-corrected chi connectivity index (χ4v) is 3.41. The van der Waals surface area contributed by atoms with Crippen LogP contribution in [0.25, 0.3) is 0 Å². The molecule has 1 aliphatic heterocycles. The van der Waals surface area contributed by atoms with Gasteiger partial charge in [-0.2, -0.15) is 0 Å². The van der Waals surface area contributed by atoms with Crippen LogP contribution in [0.15, 0.2) is 48.5 Å². The highest BCUT2D eigenvalue weighted by Gasteiger charge is 2.32. The van der Waals surface area contributed by atoms with Gasteiger partial charge in [0.2, 0.25) is 5.91 Å². The summed E-state index contributed by atoms with van der Waals surface area (Å²) in [5.41, 5.74) is 3.49. The minimum Gasteiger partial charge on any atom is -0.497 e. The van der Waals surface area contributed by atoms with E-state index in [2.05, 4.69) is 36.1 Å². The predicted molar refractivity (Wildman–Crippen MR) is 101 cm³/mol. The normalized spacial score (nSPS) is 18.4. The molecule has 0 aromatic heterocycles. The van der Waals surface area contributed by atoms with Crippen LogP contribution in [0.4, 0.5) is 5.69 Å². The molecule has 1 heterocycles. The Labute approximate surface area is 150 Å². The van der Waals surface area contributed by atoms with Crippen LogP contribution in [0.2, 0.25) is 0 Å². The van der Waals surface area contributed by atoms with Crippen LogP contribution in [0.1, 0.15) is 25.0 Å². The van der Waals surface area contributed by atoms with E-state index in [-0.39, 0.29) is 11.9 Å². The molecule has 4 heteroatoms. The van der Waals surface area contributed by atoms with Crippen molar-refractivity contribution in [3.05, 3.63) is 59.7 Å². The number of nitrogens with zero attached hydrogens (tertiary/aromatic N) is 2. The number of aryl methyl sites for hydroxylation is 1. The summed E-state index contributed by atoms with van der Waals surface area (Å²) in [6.45, 7) is 6.52. The zero-order valence-corrected chi connectivity index (χ0v) is 15.2. The van der Waals surface area contributed by atoms with E-state index in [1.165, 1.54) is 11.1 Å². The van der Waals surface area contributed by atoms with Gasteiger partial charge in [0.05, 0.1) is 13.2 Å². The molecule has 1 saturated heterocycles. The number of carbonyl (C=O) groups excluding carboxylic acids is 1. The molecule has 3 rings (SSSR count). The van der Waals surface area contributed by atoms with Gasteiger partial charge in [0.15, 0.2) is 0 Å². The Bertz CT molecular complexity index is 727. The van der Waals surface area contributed by atoms with Crippen molar-refractivity contribution in [2.24, 2.45) is 0 Å². The lowest BCUT2D eigenvalue weighted by atomic mass is 10.1. The highest BCUT2D eigenvalue weighted by atomic mass is 16.5. The van der Waals surface area contributed by atoms with Gasteiger partial charge in [-0.1, -0.05) is 37.3 Å². The second-order valence-corrected chi connectivity index (χ2v) is 6.47. The first-order chi connectivity index (χ1) is 12.1. The van der Waals surface area contributed by atoms with Crippen molar-refractivity contribution in [1.29, 1.82) is 0 Å². The summed E-state index contributed by atoms with van der Waals surface area (Å²) in [4.78, 5) is 17.2. The second-order valence-electron chi connectivity index (χ2n) is 6.47. The number of hydrogen-bond donors (Lipinski definition) is 0. The zero-order valence-electron chi connectivity index (χ0n) is 15.2. The Morgan fingerprint density at radius 3 is 2.48 bits per heavy atom. The third-order valence-electron chi connectivity index (χ3n) is 4.99. The lowest BCUT2D eigenvalue weighted by Crippen LogP contribution is -2.55. The van der Waals surface area contributed by atoms with E-state index >= 15 is 0 Å². The lowest BCUT2D eigenvalue weighted by molar-refractivity contribution is -0.125. The van der Waals surface area contributed by atoms with E-state index in [4.69, 9.17) is 4.74 Å². The fourth-order valence-electron chi connectivity index (χ4n) is 3.41. The molecule has 2 aromatic carbocycles. The highest BCUT2D eigenvalue weighted by molar-refractivity contribution is 5.98. The molecule has 0 N–H and O–H groups in total. The predicted octanol–water partition coefficient (Wildman–Crippen LogP) is 3.49. The summed E-state index contributed by atoms with van der Waals surface area (Å²) in [6.07, 6.45) is 0.934. The van der Waals surface area contributed by atoms with Crippen LogP contribution in [0.3, 0.4) is 0 Å². The quantitative estimate of drug-likeness (QED) is 0.836. The topological polar surface area (TPSA) is 32.8 Å². The van der Waals surface area contributed by atoms with E-state index in [9.17, 15) is 4.79 Å². The van der Waals surface area contributed by atoms with Gasteiger partial charge in [0.25, 0.3) is 0 Å². The molecule has 25 heavy (non-hydrogen) atoms. The molecule has 0 aliphatic carbocycles. The first-order valence-corrected chi connectivity index (χ1v) is 8.90. The molecule has 0 spiro atoms. The van der Waals surface area contributed by atoms with Crippen LogP contribution < -0.4 is 9.64 Å². The van der Waals surface area contributed by atoms with Crippen molar-refractivity contribution in [3.8, 4) is 5.75 Å². The highest BCUT2D eigenvalue weighted by Crippen LogP contribution is 2.26. The smallest absolute Gasteiger partial charge is 0.244 e. The maximum atomic E-state index is 13.0. The minimum atomic E-state index is -0.124. The van der Waals surface area contributed by atoms with Crippen molar-refractivity contribution < 1.29 is 9.53 Å². The van der Waals surface area contributed by atoms with E-state index in [0.717, 1.165) is 37.5 Å². The molecular weight excluding hydrogens is 312 g/mol. The summed E-state index contributed by atoms with van der Waals surface area (Å²) in [5.74, 6) is 1.04. The maximum absolute atomic E-state index is 13.0. The Morgan fingerprint density at radius 2 is 1.80 bits per heavy atom. The monoisotopic (exact) mass is 338 g/mol. The number of hydrogen-bond acceptors (Lipinski definition) is 3. The van der Waals surface area contributed by atoms with E-state index in [1.807, 2.05) is 36.1 Å². The van der Waals surface area contributed by atoms with Crippen LogP contribution >= 0.6 is 0 Å². The third kappa shape index (κ3) is 3.69. The summed E-state index contributed by atoms with van der Waals surface area (Å²) >= 11 is 0. The number of methoxy groups -OCH3 is 1. The molecule has 0 bridgehead atoms. The van der Waals surface area contributed by atoms with Crippen LogP contribution in [-0.4, -0.2) is 37.0 Å². The van der Waals surface area contributed by atoms with Gasteiger partial charge in [-0.15, -0.1) is 0 Å². The van der Waals surface area contributed by atoms with Crippen LogP contribution in [0, 0.1) is 0 Å². The van der Waals surface area contributed by atoms with Gasteiger partial charge >= 0.3 is 0 Å². The van der Waals surface area contributed by atoms with Gasteiger partial charge in [0, 0.05) is 25.3 Å². The maximum Gasteiger partial charge on any atom is 0.244 e. The molecule has 1 amide bonds. The summed E-state index contributed by atoms with van der Waals surface area (Å²) in [5, 5.41) is 0. The Kier molecular flexibility index (Phi) is 5.39. The van der Waals surface area contributed by atoms with Crippen LogP contribution in [0.5, 0.6) is 5.75 Å². The lowest BCUT2D eigenvalue weighted by Gasteiger charge is -2.39. The molecule has 4 nitrogen and oxygen atoms in total. The van der Waals surface area contributed by atoms with Crippen molar-refractivity contribution in [2.75, 3.05) is 25.1 Å². The molecular formula is C21H26N2O2.